The second-order valence-corrected chi connectivity index (χ2v) is 14.6. The molecule has 6 rings (SSSR count). The molecule has 250 valence electrons. The van der Waals surface area contributed by atoms with Crippen LogP contribution in [0.2, 0.25) is 0 Å². The van der Waals surface area contributed by atoms with Gasteiger partial charge in [0.05, 0.1) is 41.8 Å². The van der Waals surface area contributed by atoms with Crippen molar-refractivity contribution >= 4 is 32.7 Å². The number of hydrogen-bond donors (Lipinski definition) is 1. The molecule has 0 unspecified atom stereocenters. The van der Waals surface area contributed by atoms with Crippen molar-refractivity contribution in [3.8, 4) is 5.75 Å². The van der Waals surface area contributed by atoms with E-state index in [0.717, 1.165) is 38.9 Å². The van der Waals surface area contributed by atoms with E-state index in [9.17, 15) is 13.2 Å². The summed E-state index contributed by atoms with van der Waals surface area (Å²) in [5, 5.41) is 11.8. The number of aromatic nitrogens is 6. The molecule has 0 saturated heterocycles. The van der Waals surface area contributed by atoms with E-state index < -0.39 is 21.4 Å². The average Bonchev–Trinajstić information content (AvgIpc) is 3.46. The van der Waals surface area contributed by atoms with Gasteiger partial charge in [-0.05, 0) is 67.1 Å². The van der Waals surface area contributed by atoms with E-state index in [1.165, 1.54) is 23.0 Å². The minimum absolute atomic E-state index is 0.0550. The molecule has 2 aromatic carbocycles. The third-order valence-electron chi connectivity index (χ3n) is 9.29. The van der Waals surface area contributed by atoms with Gasteiger partial charge in [0.1, 0.15) is 28.6 Å². The topological polar surface area (TPSA) is 145 Å². The fourth-order valence-electron chi connectivity index (χ4n) is 6.43. The van der Waals surface area contributed by atoms with Gasteiger partial charge in [-0.25, -0.2) is 23.1 Å². The highest BCUT2D eigenvalue weighted by molar-refractivity contribution is 7.89. The number of anilines is 1. The summed E-state index contributed by atoms with van der Waals surface area (Å²) in [5.74, 6) is -0.356. The van der Waals surface area contributed by atoms with E-state index in [4.69, 9.17) is 4.74 Å². The number of carbonyl (C=O) groups excluding carboxylic acids is 1. The van der Waals surface area contributed by atoms with Crippen LogP contribution in [0.25, 0.3) is 11.0 Å². The fraction of sp³-hybridized carbons (Fsp3) is 0.371. The molecule has 0 saturated carbocycles. The second kappa shape index (κ2) is 13.0. The number of fused-ring (bicyclic) bond motifs is 2. The first kappa shape index (κ1) is 33.2. The Balaban J connectivity index is 1.46. The molecule has 1 N–H and O–H groups in total. The van der Waals surface area contributed by atoms with Gasteiger partial charge in [-0.3, -0.25) is 9.78 Å². The quantitative estimate of drug-likeness (QED) is 0.218. The van der Waals surface area contributed by atoms with Gasteiger partial charge in [-0.1, -0.05) is 50.3 Å². The first-order valence-electron chi connectivity index (χ1n) is 16.0. The van der Waals surface area contributed by atoms with Crippen molar-refractivity contribution in [2.24, 2.45) is 5.41 Å². The lowest BCUT2D eigenvalue weighted by molar-refractivity contribution is -0.124. The second-order valence-electron chi connectivity index (χ2n) is 12.7. The molecule has 0 radical (unpaired) electrons. The van der Waals surface area contributed by atoms with E-state index in [1.807, 2.05) is 76.6 Å². The number of sulfonamides is 1. The molecule has 0 aliphatic carbocycles. The van der Waals surface area contributed by atoms with Crippen LogP contribution in [0, 0.1) is 19.3 Å². The van der Waals surface area contributed by atoms with Gasteiger partial charge in [0.25, 0.3) is 0 Å². The predicted molar refractivity (Wildman–Crippen MR) is 182 cm³/mol. The molecule has 1 amide bonds. The van der Waals surface area contributed by atoms with Crippen molar-refractivity contribution in [2.75, 3.05) is 11.9 Å². The lowest BCUT2D eigenvalue weighted by Crippen LogP contribution is -2.38. The molecule has 0 bridgehead atoms. The Hall–Kier alpha value is -4.75. The highest BCUT2D eigenvalue weighted by Gasteiger charge is 2.41. The van der Waals surface area contributed by atoms with E-state index in [0.29, 0.717) is 24.4 Å². The predicted octanol–water partition coefficient (Wildman–Crippen LogP) is 5.41. The molecule has 12 nitrogen and oxygen atoms in total. The van der Waals surface area contributed by atoms with Gasteiger partial charge in [-0.2, -0.15) is 4.31 Å². The number of hydrogen-bond acceptors (Lipinski definition) is 9. The highest BCUT2D eigenvalue weighted by Crippen LogP contribution is 2.45. The lowest BCUT2D eigenvalue weighted by Gasteiger charge is -2.35. The van der Waals surface area contributed by atoms with E-state index in [2.05, 4.69) is 30.6 Å². The molecule has 0 spiro atoms. The molecule has 1 aliphatic heterocycles. The normalized spacial score (nSPS) is 16.9. The summed E-state index contributed by atoms with van der Waals surface area (Å²) < 4.78 is 37.4. The Morgan fingerprint density at radius 1 is 1.06 bits per heavy atom. The van der Waals surface area contributed by atoms with E-state index >= 15 is 0 Å². The minimum Gasteiger partial charge on any atom is -0.488 e. The van der Waals surface area contributed by atoms with Crippen LogP contribution in [-0.4, -0.2) is 61.2 Å². The maximum atomic E-state index is 14.1. The first-order chi connectivity index (χ1) is 22.9. The van der Waals surface area contributed by atoms with Crippen molar-refractivity contribution in [3.63, 3.8) is 0 Å². The summed E-state index contributed by atoms with van der Waals surface area (Å²) in [6, 6.07) is 11.7. The van der Waals surface area contributed by atoms with Gasteiger partial charge in [0, 0.05) is 25.2 Å². The summed E-state index contributed by atoms with van der Waals surface area (Å²) in [6.45, 7) is 12.8. The van der Waals surface area contributed by atoms with Gasteiger partial charge in [0.2, 0.25) is 15.9 Å². The molecule has 1 aliphatic rings. The van der Waals surface area contributed by atoms with Crippen molar-refractivity contribution in [2.45, 2.75) is 78.0 Å². The highest BCUT2D eigenvalue weighted by atomic mass is 32.2. The molecule has 4 heterocycles. The first-order valence-corrected chi connectivity index (χ1v) is 17.5. The Bertz CT molecular complexity index is 2080. The molecule has 5 aromatic rings. The maximum absolute atomic E-state index is 14.1. The molecule has 48 heavy (non-hydrogen) atoms. The molecular weight excluding hydrogens is 629 g/mol. The van der Waals surface area contributed by atoms with Gasteiger partial charge in [-0.15, -0.1) is 5.10 Å². The van der Waals surface area contributed by atoms with E-state index in [1.54, 1.807) is 18.5 Å². The molecule has 13 heteroatoms. The van der Waals surface area contributed by atoms with Crippen LogP contribution >= 0.6 is 0 Å². The standard InChI is InChI=1S/C35H40N8O4S/c1-7-27-20-42(48(45,46)31-18-36-14-13-30(31)47-27)19-25-15-24(10-9-22(25)3)32(35(5,6)34(44)39-26-16-37-21-38-17-26)28-11-12-29-33(23(28)4)40-41-43(29)8-2/h9-18,21,27,32H,7-8,19-20H2,1-6H3,(H,39,44)/t27-,32+/m1/s1. The number of pyridine rings is 1. The number of amides is 1. The zero-order chi connectivity index (χ0) is 34.2. The summed E-state index contributed by atoms with van der Waals surface area (Å²) in [7, 11) is -3.92. The smallest absolute Gasteiger partial charge is 0.248 e. The number of nitrogens with zero attached hydrogens (tertiary/aromatic N) is 7. The summed E-state index contributed by atoms with van der Waals surface area (Å²) in [5.41, 5.74) is 5.64. The number of ether oxygens (including phenoxy) is 1. The zero-order valence-corrected chi connectivity index (χ0v) is 28.8. The van der Waals surface area contributed by atoms with Crippen molar-refractivity contribution < 1.29 is 17.9 Å². The van der Waals surface area contributed by atoms with Gasteiger partial charge in [0.15, 0.2) is 0 Å². The van der Waals surface area contributed by atoms with Crippen LogP contribution in [0.3, 0.4) is 0 Å². The van der Waals surface area contributed by atoms with Crippen LogP contribution < -0.4 is 10.1 Å². The van der Waals surface area contributed by atoms with Crippen molar-refractivity contribution in [3.05, 3.63) is 95.3 Å². The Labute approximate surface area is 280 Å². The number of rotatable bonds is 9. The van der Waals surface area contributed by atoms with Crippen LogP contribution in [-0.2, 0) is 27.9 Å². The minimum atomic E-state index is -3.92. The van der Waals surface area contributed by atoms with Crippen LogP contribution in [0.1, 0.15) is 67.9 Å². The SMILES string of the molecule is CC[C@@H]1CN(Cc2cc([C@@H](c3ccc4c(nnn4CC)c3C)C(C)(C)C(=O)Nc3cncnc3)ccc2C)S(=O)(=O)c2cnccc2O1. The number of benzene rings is 2. The average molecular weight is 669 g/mol. The van der Waals surface area contributed by atoms with Crippen molar-refractivity contribution in [1.29, 1.82) is 0 Å². The molecule has 0 fully saturated rings. The molecule has 3 aromatic heterocycles. The molecule has 2 atom stereocenters. The number of aryl methyl sites for hydroxylation is 3. The zero-order valence-electron chi connectivity index (χ0n) is 28.0. The van der Waals surface area contributed by atoms with Gasteiger partial charge < -0.3 is 10.1 Å². The Morgan fingerprint density at radius 3 is 2.56 bits per heavy atom. The Kier molecular flexibility index (Phi) is 9.01. The largest absolute Gasteiger partial charge is 0.488 e. The third kappa shape index (κ3) is 6.03. The Morgan fingerprint density at radius 2 is 1.83 bits per heavy atom. The molecular formula is C35H40N8O4S. The van der Waals surface area contributed by atoms with Gasteiger partial charge >= 0.3 is 0 Å². The summed E-state index contributed by atoms with van der Waals surface area (Å²) >= 11 is 0. The number of nitrogens with one attached hydrogen (secondary N) is 1. The van der Waals surface area contributed by atoms with Crippen LogP contribution in [0.4, 0.5) is 5.69 Å². The van der Waals surface area contributed by atoms with E-state index in [-0.39, 0.29) is 30.0 Å². The maximum Gasteiger partial charge on any atom is 0.248 e. The van der Waals surface area contributed by atoms with Crippen LogP contribution in [0.15, 0.2) is 72.4 Å². The lowest BCUT2D eigenvalue weighted by atomic mass is 9.69. The van der Waals surface area contributed by atoms with Crippen LogP contribution in [0.5, 0.6) is 5.75 Å². The summed E-state index contributed by atoms with van der Waals surface area (Å²) in [6.07, 6.45) is 7.72. The fourth-order valence-corrected chi connectivity index (χ4v) is 7.95. The number of carbonyl (C=O) groups is 1. The monoisotopic (exact) mass is 668 g/mol. The third-order valence-corrected chi connectivity index (χ3v) is 11.1. The van der Waals surface area contributed by atoms with Crippen molar-refractivity contribution in [1.82, 2.24) is 34.3 Å². The summed E-state index contributed by atoms with van der Waals surface area (Å²) in [4.78, 5) is 26.4.